The molecule has 0 atom stereocenters. The Morgan fingerprint density at radius 2 is 1.86 bits per heavy atom. The summed E-state index contributed by atoms with van der Waals surface area (Å²) >= 11 is 0. The molecule has 0 aliphatic carbocycles. The third-order valence-electron chi connectivity index (χ3n) is 3.21. The fraction of sp³-hybridized carbons (Fsp3) is 0.267. The molecule has 0 spiro atoms. The first-order valence-corrected chi connectivity index (χ1v) is 7.82. The van der Waals surface area contributed by atoms with Gasteiger partial charge in [-0.15, -0.1) is 0 Å². The van der Waals surface area contributed by atoms with Crippen LogP contribution < -0.4 is 0 Å². The number of aromatic nitrogens is 1. The molecule has 1 aromatic carbocycles. The zero-order valence-corrected chi connectivity index (χ0v) is 12.5. The van der Waals surface area contributed by atoms with Gasteiger partial charge in [-0.3, -0.25) is 0 Å². The SMILES string of the molecule is Cc1ccc(C)c(CC(F)(F)S(=O)(=O)c2ccccn2)c1. The quantitative estimate of drug-likeness (QED) is 0.870. The Bertz CT molecular complexity index is 744. The van der Waals surface area contributed by atoms with Crippen molar-refractivity contribution < 1.29 is 17.2 Å². The summed E-state index contributed by atoms with van der Waals surface area (Å²) in [4.78, 5) is 3.53. The molecule has 0 aliphatic rings. The summed E-state index contributed by atoms with van der Waals surface area (Å²) in [6, 6.07) is 9.00. The van der Waals surface area contributed by atoms with E-state index in [-0.39, 0.29) is 0 Å². The van der Waals surface area contributed by atoms with Gasteiger partial charge >= 0.3 is 5.25 Å². The number of halogens is 2. The lowest BCUT2D eigenvalue weighted by molar-refractivity contribution is 0.0920. The fourth-order valence-corrected chi connectivity index (χ4v) is 3.08. The minimum Gasteiger partial charge on any atom is -0.245 e. The first kappa shape index (κ1) is 15.6. The highest BCUT2D eigenvalue weighted by Crippen LogP contribution is 2.32. The molecule has 0 amide bonds. The van der Waals surface area contributed by atoms with E-state index in [0.717, 1.165) is 11.6 Å². The Morgan fingerprint density at radius 3 is 2.48 bits per heavy atom. The van der Waals surface area contributed by atoms with E-state index in [4.69, 9.17) is 0 Å². The second-order valence-corrected chi connectivity index (χ2v) is 6.94. The molecular formula is C15H15F2NO2S. The van der Waals surface area contributed by atoms with Crippen LogP contribution in [0.15, 0.2) is 47.6 Å². The number of hydrogen-bond donors (Lipinski definition) is 0. The molecule has 0 radical (unpaired) electrons. The average Bonchev–Trinajstić information content (AvgIpc) is 2.43. The molecule has 2 rings (SSSR count). The van der Waals surface area contributed by atoms with Crippen LogP contribution in [-0.4, -0.2) is 18.7 Å². The molecule has 0 unspecified atom stereocenters. The van der Waals surface area contributed by atoms with Crippen molar-refractivity contribution in [2.75, 3.05) is 0 Å². The number of aryl methyl sites for hydroxylation is 2. The van der Waals surface area contributed by atoms with E-state index in [1.807, 2.05) is 0 Å². The van der Waals surface area contributed by atoms with Crippen molar-refractivity contribution in [3.8, 4) is 0 Å². The summed E-state index contributed by atoms with van der Waals surface area (Å²) in [6.45, 7) is 3.45. The molecule has 21 heavy (non-hydrogen) atoms. The van der Waals surface area contributed by atoms with Crippen molar-refractivity contribution in [2.45, 2.75) is 30.5 Å². The third-order valence-corrected chi connectivity index (χ3v) is 4.93. The molecule has 112 valence electrons. The molecule has 3 nitrogen and oxygen atoms in total. The van der Waals surface area contributed by atoms with Gasteiger partial charge in [-0.25, -0.2) is 13.4 Å². The normalized spacial score (nSPS) is 12.4. The maximum Gasteiger partial charge on any atom is 0.355 e. The predicted octanol–water partition coefficient (Wildman–Crippen LogP) is 3.31. The molecule has 1 aromatic heterocycles. The summed E-state index contributed by atoms with van der Waals surface area (Å²) in [5.74, 6) is 0. The van der Waals surface area contributed by atoms with E-state index in [9.17, 15) is 17.2 Å². The Balaban J connectivity index is 2.40. The maximum absolute atomic E-state index is 14.3. The first-order chi connectivity index (χ1) is 9.74. The number of rotatable bonds is 4. The van der Waals surface area contributed by atoms with Crippen LogP contribution in [0.4, 0.5) is 8.78 Å². The number of nitrogens with zero attached hydrogens (tertiary/aromatic N) is 1. The maximum atomic E-state index is 14.3. The molecule has 0 bridgehead atoms. The number of sulfone groups is 1. The molecule has 0 saturated heterocycles. The average molecular weight is 311 g/mol. The lowest BCUT2D eigenvalue weighted by atomic mass is 10.0. The summed E-state index contributed by atoms with van der Waals surface area (Å²) < 4.78 is 52.6. The van der Waals surface area contributed by atoms with Crippen LogP contribution in [-0.2, 0) is 16.3 Å². The largest absolute Gasteiger partial charge is 0.355 e. The molecule has 1 heterocycles. The van der Waals surface area contributed by atoms with Crippen molar-refractivity contribution in [1.82, 2.24) is 4.98 Å². The summed E-state index contributed by atoms with van der Waals surface area (Å²) in [5, 5.41) is -4.51. The van der Waals surface area contributed by atoms with Crippen molar-refractivity contribution in [3.63, 3.8) is 0 Å². The highest BCUT2D eigenvalue weighted by molar-refractivity contribution is 7.92. The predicted molar refractivity (Wildman–Crippen MR) is 76.0 cm³/mol. The summed E-state index contributed by atoms with van der Waals surface area (Å²) in [6.07, 6.45) is 0.320. The van der Waals surface area contributed by atoms with Crippen LogP contribution in [0, 0.1) is 13.8 Å². The molecule has 0 saturated carbocycles. The zero-order chi connectivity index (χ0) is 15.7. The van der Waals surface area contributed by atoms with Gasteiger partial charge in [0.05, 0.1) is 6.42 Å². The number of pyridine rings is 1. The van der Waals surface area contributed by atoms with Gasteiger partial charge in [-0.2, -0.15) is 8.78 Å². The Kier molecular flexibility index (Phi) is 4.09. The van der Waals surface area contributed by atoms with Crippen LogP contribution in [0.5, 0.6) is 0 Å². The zero-order valence-electron chi connectivity index (χ0n) is 11.7. The van der Waals surface area contributed by atoms with Crippen molar-refractivity contribution >= 4 is 9.84 Å². The first-order valence-electron chi connectivity index (χ1n) is 6.34. The van der Waals surface area contributed by atoms with Gasteiger partial charge in [0.25, 0.3) is 9.84 Å². The van der Waals surface area contributed by atoms with E-state index in [1.54, 1.807) is 32.0 Å². The van der Waals surface area contributed by atoms with E-state index in [1.165, 1.54) is 18.3 Å². The lowest BCUT2D eigenvalue weighted by Gasteiger charge is -2.18. The van der Waals surface area contributed by atoms with Gasteiger partial charge in [-0.1, -0.05) is 29.8 Å². The van der Waals surface area contributed by atoms with Gasteiger partial charge in [0, 0.05) is 6.20 Å². The van der Waals surface area contributed by atoms with Gasteiger partial charge < -0.3 is 0 Å². The topological polar surface area (TPSA) is 47.0 Å². The van der Waals surface area contributed by atoms with E-state index >= 15 is 0 Å². The minimum atomic E-state index is -4.81. The third kappa shape index (κ3) is 3.10. The van der Waals surface area contributed by atoms with Crippen LogP contribution in [0.1, 0.15) is 16.7 Å². The number of hydrogen-bond acceptors (Lipinski definition) is 3. The molecule has 2 aromatic rings. The second-order valence-electron chi connectivity index (χ2n) is 4.92. The smallest absolute Gasteiger partial charge is 0.245 e. The van der Waals surface area contributed by atoms with Gasteiger partial charge in [0.2, 0.25) is 0 Å². The summed E-state index contributed by atoms with van der Waals surface area (Å²) in [5.41, 5.74) is 1.76. The van der Waals surface area contributed by atoms with Gasteiger partial charge in [-0.05, 0) is 37.1 Å². The van der Waals surface area contributed by atoms with E-state index in [0.29, 0.717) is 11.1 Å². The standard InChI is InChI=1S/C15H15F2NO2S/c1-11-6-7-12(2)13(9-11)10-15(16,17)21(19,20)14-5-3-4-8-18-14/h3-9H,10H2,1-2H3. The lowest BCUT2D eigenvalue weighted by Crippen LogP contribution is -2.32. The van der Waals surface area contributed by atoms with Crippen molar-refractivity contribution in [2.24, 2.45) is 0 Å². The van der Waals surface area contributed by atoms with Gasteiger partial charge in [0.15, 0.2) is 5.03 Å². The highest BCUT2D eigenvalue weighted by Gasteiger charge is 2.47. The highest BCUT2D eigenvalue weighted by atomic mass is 32.2. The number of alkyl halides is 2. The second kappa shape index (κ2) is 5.52. The van der Waals surface area contributed by atoms with Crippen molar-refractivity contribution in [3.05, 3.63) is 59.3 Å². The van der Waals surface area contributed by atoms with E-state index in [2.05, 4.69) is 4.98 Å². The molecule has 0 aliphatic heterocycles. The molecule has 0 N–H and O–H groups in total. The summed E-state index contributed by atoms with van der Waals surface area (Å²) in [7, 11) is -4.81. The van der Waals surface area contributed by atoms with Gasteiger partial charge in [0.1, 0.15) is 0 Å². The minimum absolute atomic E-state index is 0.319. The Morgan fingerprint density at radius 1 is 1.14 bits per heavy atom. The van der Waals surface area contributed by atoms with Crippen LogP contribution in [0.2, 0.25) is 0 Å². The van der Waals surface area contributed by atoms with Crippen LogP contribution in [0.3, 0.4) is 0 Å². The van der Waals surface area contributed by atoms with Crippen LogP contribution in [0.25, 0.3) is 0 Å². The Labute approximate surface area is 122 Å². The Hall–Kier alpha value is -1.82. The number of benzene rings is 1. The fourth-order valence-electron chi connectivity index (χ4n) is 1.97. The molecule has 0 fully saturated rings. The van der Waals surface area contributed by atoms with Crippen LogP contribution >= 0.6 is 0 Å². The van der Waals surface area contributed by atoms with E-state index < -0.39 is 26.5 Å². The monoisotopic (exact) mass is 311 g/mol. The molecule has 6 heteroatoms. The molecular weight excluding hydrogens is 296 g/mol. The van der Waals surface area contributed by atoms with Crippen molar-refractivity contribution in [1.29, 1.82) is 0 Å².